The smallest absolute Gasteiger partial charge is 0.252 e. The van der Waals surface area contributed by atoms with Crippen molar-refractivity contribution in [1.82, 2.24) is 14.2 Å². The lowest BCUT2D eigenvalue weighted by Gasteiger charge is -2.33. The van der Waals surface area contributed by atoms with Gasteiger partial charge in [-0.25, -0.2) is 13.4 Å². The topological polar surface area (TPSA) is 73.8 Å². The van der Waals surface area contributed by atoms with E-state index in [9.17, 15) is 13.2 Å². The molecule has 3 heterocycles. The first-order valence-electron chi connectivity index (χ1n) is 12.0. The third kappa shape index (κ3) is 5.92. The van der Waals surface area contributed by atoms with Gasteiger partial charge in [0, 0.05) is 37.0 Å². The number of carbonyl (C=O) groups excluding carboxylic acids is 1. The molecule has 0 unspecified atom stereocenters. The minimum absolute atomic E-state index is 0.0307. The summed E-state index contributed by atoms with van der Waals surface area (Å²) < 4.78 is 29.2. The number of rotatable bonds is 10. The lowest BCUT2D eigenvalue weighted by molar-refractivity contribution is -0.123. The molecule has 1 aliphatic heterocycles. The summed E-state index contributed by atoms with van der Waals surface area (Å²) in [6.45, 7) is 8.01. The van der Waals surface area contributed by atoms with Crippen LogP contribution in [0, 0.1) is 5.92 Å². The number of amides is 1. The van der Waals surface area contributed by atoms with E-state index in [0.717, 1.165) is 46.1 Å². The maximum atomic E-state index is 13.8. The first-order valence-corrected chi connectivity index (χ1v) is 16.7. The number of halogens is 1. The Morgan fingerprint density at radius 3 is 2.47 bits per heavy atom. The highest BCUT2D eigenvalue weighted by atomic mass is 35.5. The summed E-state index contributed by atoms with van der Waals surface area (Å²) in [5.74, 6) is -0.213. The summed E-state index contributed by atoms with van der Waals surface area (Å²) in [6, 6.07) is 9.27. The van der Waals surface area contributed by atoms with Gasteiger partial charge >= 0.3 is 0 Å². The molecule has 0 bridgehead atoms. The molecule has 0 atom stereocenters. The number of para-hydroxylation sites is 1. The maximum absolute atomic E-state index is 13.8. The molecule has 3 aromatic rings. The van der Waals surface area contributed by atoms with Crippen molar-refractivity contribution in [3.05, 3.63) is 34.7 Å². The minimum Gasteiger partial charge on any atom is -0.302 e. The van der Waals surface area contributed by atoms with Gasteiger partial charge in [0.2, 0.25) is 5.91 Å². The van der Waals surface area contributed by atoms with Crippen molar-refractivity contribution in [2.24, 2.45) is 5.92 Å². The predicted octanol–water partition coefficient (Wildman–Crippen LogP) is 5.51. The third-order valence-electron chi connectivity index (χ3n) is 6.57. The summed E-state index contributed by atoms with van der Waals surface area (Å²) in [6.07, 6.45) is 3.00. The van der Waals surface area contributed by atoms with E-state index in [-0.39, 0.29) is 16.0 Å². The van der Waals surface area contributed by atoms with Crippen molar-refractivity contribution >= 4 is 77.3 Å². The second-order valence-corrected chi connectivity index (χ2v) is 14.3. The van der Waals surface area contributed by atoms with Gasteiger partial charge in [0.1, 0.15) is 4.21 Å². The lowest BCUT2D eigenvalue weighted by Crippen LogP contribution is -2.46. The fourth-order valence-electron chi connectivity index (χ4n) is 4.40. The monoisotopic (exact) mass is 586 g/mol. The summed E-state index contributed by atoms with van der Waals surface area (Å²) >= 11 is 10.2. The van der Waals surface area contributed by atoms with Crippen LogP contribution in [-0.2, 0) is 14.8 Å². The Balaban J connectivity index is 1.54. The largest absolute Gasteiger partial charge is 0.302 e. The third-order valence-corrected chi connectivity index (χ3v) is 12.0. The number of hydrogen-bond acceptors (Lipinski definition) is 8. The number of piperidine rings is 1. The van der Waals surface area contributed by atoms with Crippen LogP contribution < -0.4 is 4.90 Å². The normalized spacial score (nSPS) is 15.7. The van der Waals surface area contributed by atoms with Gasteiger partial charge in [-0.3, -0.25) is 9.69 Å². The lowest BCUT2D eigenvalue weighted by atomic mass is 9.96. The van der Waals surface area contributed by atoms with Crippen molar-refractivity contribution in [3.8, 4) is 0 Å². The van der Waals surface area contributed by atoms with Gasteiger partial charge in [0.05, 0.1) is 14.6 Å². The molecular weight excluding hydrogens is 556 g/mol. The molecule has 0 radical (unpaired) electrons. The molecule has 1 amide bonds. The number of likely N-dealkylation sites (N-methyl/N-ethyl adjacent to an activating group) is 1. The molecule has 1 aliphatic rings. The number of sulfonamides is 1. The SMILES string of the molecule is CCN(CC)CCN(C(=O)C1CCN(S(=O)(=O)c2ccc(Cl)s2)CC1)c1nc2c(SC)cccc2s1. The van der Waals surface area contributed by atoms with Crippen LogP contribution in [0.25, 0.3) is 10.2 Å². The number of anilines is 1. The van der Waals surface area contributed by atoms with Gasteiger partial charge in [0.15, 0.2) is 5.13 Å². The standard InChI is InChI=1S/C24H31ClN4O3S4/c1-4-27(5-2)15-16-29(24-26-22-18(33-3)7-6-8-19(22)34-24)23(30)17-11-13-28(14-12-17)36(31,32)21-10-9-20(25)35-21/h6-10,17H,4-5,11-16H2,1-3H3. The molecular formula is C24H31ClN4O3S4. The number of hydrogen-bond donors (Lipinski definition) is 0. The van der Waals surface area contributed by atoms with Crippen LogP contribution in [0.3, 0.4) is 0 Å². The molecule has 4 rings (SSSR count). The molecule has 0 aliphatic carbocycles. The number of thioether (sulfide) groups is 1. The van der Waals surface area contributed by atoms with Crippen LogP contribution in [0.1, 0.15) is 26.7 Å². The van der Waals surface area contributed by atoms with E-state index in [2.05, 4.69) is 24.8 Å². The average molecular weight is 587 g/mol. The minimum atomic E-state index is -3.59. The fraction of sp³-hybridized carbons (Fsp3) is 0.500. The molecule has 0 N–H and O–H groups in total. The molecule has 1 saturated heterocycles. The molecule has 0 saturated carbocycles. The zero-order valence-corrected chi connectivity index (χ0v) is 24.7. The number of nitrogens with zero attached hydrogens (tertiary/aromatic N) is 4. The van der Waals surface area contributed by atoms with E-state index in [1.54, 1.807) is 35.2 Å². The van der Waals surface area contributed by atoms with Gasteiger partial charge in [-0.2, -0.15) is 4.31 Å². The highest BCUT2D eigenvalue weighted by molar-refractivity contribution is 7.98. The zero-order valence-electron chi connectivity index (χ0n) is 20.6. The molecule has 2 aromatic heterocycles. The quantitative estimate of drug-likeness (QED) is 0.292. The van der Waals surface area contributed by atoms with Gasteiger partial charge in [-0.15, -0.1) is 23.1 Å². The summed E-state index contributed by atoms with van der Waals surface area (Å²) in [5.41, 5.74) is 0.932. The van der Waals surface area contributed by atoms with E-state index >= 15 is 0 Å². The summed E-state index contributed by atoms with van der Waals surface area (Å²) in [7, 11) is -3.59. The van der Waals surface area contributed by atoms with Crippen molar-refractivity contribution in [1.29, 1.82) is 0 Å². The van der Waals surface area contributed by atoms with Crippen LogP contribution in [-0.4, -0.2) is 74.0 Å². The van der Waals surface area contributed by atoms with Gasteiger partial charge in [-0.05, 0) is 56.5 Å². The van der Waals surface area contributed by atoms with Gasteiger partial charge < -0.3 is 4.90 Å². The highest BCUT2D eigenvalue weighted by Crippen LogP contribution is 2.36. The van der Waals surface area contributed by atoms with Gasteiger partial charge in [0.25, 0.3) is 10.0 Å². The Labute approximate surface area is 230 Å². The van der Waals surface area contributed by atoms with Crippen LogP contribution >= 0.6 is 46.0 Å². The highest BCUT2D eigenvalue weighted by Gasteiger charge is 2.35. The van der Waals surface area contributed by atoms with Crippen molar-refractivity contribution in [2.45, 2.75) is 35.8 Å². The van der Waals surface area contributed by atoms with Crippen LogP contribution in [0.4, 0.5) is 5.13 Å². The van der Waals surface area contributed by atoms with Gasteiger partial charge in [-0.1, -0.05) is 42.9 Å². The van der Waals surface area contributed by atoms with E-state index in [1.807, 2.05) is 23.3 Å². The Morgan fingerprint density at radius 1 is 1.14 bits per heavy atom. The molecule has 12 heteroatoms. The van der Waals surface area contributed by atoms with E-state index in [4.69, 9.17) is 16.6 Å². The molecule has 196 valence electrons. The first-order chi connectivity index (χ1) is 17.3. The van der Waals surface area contributed by atoms with Crippen molar-refractivity contribution in [3.63, 3.8) is 0 Å². The van der Waals surface area contributed by atoms with Crippen molar-refractivity contribution < 1.29 is 13.2 Å². The average Bonchev–Trinajstić information content (AvgIpc) is 3.53. The first kappa shape index (κ1) is 27.8. The van der Waals surface area contributed by atoms with E-state index in [1.165, 1.54) is 4.31 Å². The number of benzene rings is 1. The molecule has 1 fully saturated rings. The Hall–Kier alpha value is -1.21. The number of fused-ring (bicyclic) bond motifs is 1. The Morgan fingerprint density at radius 2 is 1.86 bits per heavy atom. The number of aromatic nitrogens is 1. The Bertz CT molecular complexity index is 1300. The second-order valence-electron chi connectivity index (χ2n) is 8.56. The molecule has 36 heavy (non-hydrogen) atoms. The molecule has 7 nitrogen and oxygen atoms in total. The second kappa shape index (κ2) is 12.1. The maximum Gasteiger partial charge on any atom is 0.252 e. The summed E-state index contributed by atoms with van der Waals surface area (Å²) in [4.78, 5) is 24.0. The van der Waals surface area contributed by atoms with E-state index in [0.29, 0.717) is 41.9 Å². The van der Waals surface area contributed by atoms with Crippen LogP contribution in [0.5, 0.6) is 0 Å². The number of thiophene rings is 1. The Kier molecular flexibility index (Phi) is 9.35. The predicted molar refractivity (Wildman–Crippen MR) is 152 cm³/mol. The summed E-state index contributed by atoms with van der Waals surface area (Å²) in [5, 5.41) is 0.715. The zero-order chi connectivity index (χ0) is 25.9. The van der Waals surface area contributed by atoms with Crippen molar-refractivity contribution in [2.75, 3.05) is 50.4 Å². The van der Waals surface area contributed by atoms with E-state index < -0.39 is 10.0 Å². The molecule has 0 spiro atoms. The number of thiazole rings is 1. The van der Waals surface area contributed by atoms with Crippen LogP contribution in [0.15, 0.2) is 39.4 Å². The molecule has 1 aromatic carbocycles. The fourth-order valence-corrected chi connectivity index (χ4v) is 9.16. The van der Waals surface area contributed by atoms with Crippen LogP contribution in [0.2, 0.25) is 4.34 Å². The number of carbonyl (C=O) groups is 1.